The predicted molar refractivity (Wildman–Crippen MR) is 70.6 cm³/mol. The summed E-state index contributed by atoms with van der Waals surface area (Å²) in [5, 5.41) is 2.93. The zero-order valence-corrected chi connectivity index (χ0v) is 11.5. The topological polar surface area (TPSA) is 84.1 Å². The molecule has 0 saturated carbocycles. The number of rotatable bonds is 5. The number of hydrogen-bond acceptors (Lipinski definition) is 5. The predicted octanol–water partition coefficient (Wildman–Crippen LogP) is 1.10. The van der Waals surface area contributed by atoms with E-state index in [4.69, 9.17) is 5.73 Å². The second kappa shape index (κ2) is 6.39. The fourth-order valence-corrected chi connectivity index (χ4v) is 1.68. The number of carbonyl (C=O) groups is 1. The number of nitrogens with two attached hydrogens (primary N) is 1. The standard InChI is InChI=1S/C10H16BrN5O/c1-3-16(4-2)8(17)6-13-9-7(11)5-14-10(12)15-9/h5H,3-4,6H2,1-2H3,(H3,12,13,14,15). The van der Waals surface area contributed by atoms with E-state index in [0.29, 0.717) is 23.4 Å². The Kier molecular flexibility index (Phi) is 5.14. The van der Waals surface area contributed by atoms with E-state index in [1.807, 2.05) is 13.8 Å². The molecule has 1 amide bonds. The van der Waals surface area contributed by atoms with Crippen LogP contribution in [0, 0.1) is 0 Å². The SMILES string of the molecule is CCN(CC)C(=O)CNc1nc(N)ncc1Br. The molecule has 1 aromatic heterocycles. The van der Waals surface area contributed by atoms with E-state index >= 15 is 0 Å². The van der Waals surface area contributed by atoms with Crippen molar-refractivity contribution in [1.82, 2.24) is 14.9 Å². The fourth-order valence-electron chi connectivity index (χ4n) is 1.35. The molecule has 0 aliphatic rings. The van der Waals surface area contributed by atoms with Gasteiger partial charge in [0.2, 0.25) is 11.9 Å². The summed E-state index contributed by atoms with van der Waals surface area (Å²) in [5.41, 5.74) is 5.47. The number of hydrogen-bond donors (Lipinski definition) is 2. The van der Waals surface area contributed by atoms with Crippen LogP contribution < -0.4 is 11.1 Å². The molecular formula is C10H16BrN5O. The van der Waals surface area contributed by atoms with Crippen LogP contribution in [0.25, 0.3) is 0 Å². The Morgan fingerprint density at radius 3 is 2.76 bits per heavy atom. The highest BCUT2D eigenvalue weighted by molar-refractivity contribution is 9.10. The van der Waals surface area contributed by atoms with Gasteiger partial charge in [-0.3, -0.25) is 4.79 Å². The summed E-state index contributed by atoms with van der Waals surface area (Å²) < 4.78 is 0.680. The Labute approximate surface area is 109 Å². The highest BCUT2D eigenvalue weighted by Gasteiger charge is 2.10. The van der Waals surface area contributed by atoms with Crippen LogP contribution in [0.5, 0.6) is 0 Å². The molecule has 0 aromatic carbocycles. The molecule has 3 N–H and O–H groups in total. The molecule has 6 nitrogen and oxygen atoms in total. The molecule has 0 bridgehead atoms. The maximum atomic E-state index is 11.7. The second-order valence-electron chi connectivity index (χ2n) is 3.34. The zero-order chi connectivity index (χ0) is 12.8. The van der Waals surface area contributed by atoms with Crippen molar-refractivity contribution >= 4 is 33.6 Å². The lowest BCUT2D eigenvalue weighted by Crippen LogP contribution is -2.35. The lowest BCUT2D eigenvalue weighted by molar-refractivity contribution is -0.128. The average molecular weight is 302 g/mol. The number of nitrogens with zero attached hydrogens (tertiary/aromatic N) is 3. The molecule has 1 rings (SSSR count). The van der Waals surface area contributed by atoms with Gasteiger partial charge in [0, 0.05) is 19.3 Å². The maximum Gasteiger partial charge on any atom is 0.241 e. The van der Waals surface area contributed by atoms with Gasteiger partial charge < -0.3 is 16.0 Å². The van der Waals surface area contributed by atoms with E-state index in [2.05, 4.69) is 31.2 Å². The van der Waals surface area contributed by atoms with Crippen LogP contribution in [0.3, 0.4) is 0 Å². The molecule has 1 aromatic rings. The molecule has 0 saturated heterocycles. The van der Waals surface area contributed by atoms with Crippen molar-refractivity contribution < 1.29 is 4.79 Å². The van der Waals surface area contributed by atoms with E-state index in [-0.39, 0.29) is 18.4 Å². The van der Waals surface area contributed by atoms with Crippen LogP contribution in [0.4, 0.5) is 11.8 Å². The number of carbonyl (C=O) groups excluding carboxylic acids is 1. The number of likely N-dealkylation sites (N-methyl/N-ethyl adjacent to an activating group) is 1. The fraction of sp³-hybridized carbons (Fsp3) is 0.500. The van der Waals surface area contributed by atoms with Crippen LogP contribution >= 0.6 is 15.9 Å². The van der Waals surface area contributed by atoms with Gasteiger partial charge in [-0.25, -0.2) is 4.98 Å². The van der Waals surface area contributed by atoms with E-state index in [9.17, 15) is 4.79 Å². The number of aromatic nitrogens is 2. The van der Waals surface area contributed by atoms with E-state index < -0.39 is 0 Å². The average Bonchev–Trinajstić information content (AvgIpc) is 2.32. The minimum Gasteiger partial charge on any atom is -0.368 e. The van der Waals surface area contributed by atoms with Crippen molar-refractivity contribution in [2.75, 3.05) is 30.7 Å². The van der Waals surface area contributed by atoms with Crippen molar-refractivity contribution in [1.29, 1.82) is 0 Å². The molecule has 0 fully saturated rings. The van der Waals surface area contributed by atoms with Crippen LogP contribution in [-0.2, 0) is 4.79 Å². The summed E-state index contributed by atoms with van der Waals surface area (Å²) >= 11 is 3.28. The summed E-state index contributed by atoms with van der Waals surface area (Å²) in [7, 11) is 0. The Morgan fingerprint density at radius 1 is 1.53 bits per heavy atom. The minimum atomic E-state index is 0.0269. The molecule has 7 heteroatoms. The number of halogens is 1. The molecule has 0 atom stereocenters. The lowest BCUT2D eigenvalue weighted by Gasteiger charge is -2.19. The van der Waals surface area contributed by atoms with Crippen molar-refractivity contribution in [3.8, 4) is 0 Å². The molecular weight excluding hydrogens is 286 g/mol. The summed E-state index contributed by atoms with van der Waals surface area (Å²) in [5.74, 6) is 0.725. The van der Waals surface area contributed by atoms with Gasteiger partial charge in [0.15, 0.2) is 0 Å². The van der Waals surface area contributed by atoms with Gasteiger partial charge in [0.1, 0.15) is 5.82 Å². The maximum absolute atomic E-state index is 11.7. The summed E-state index contributed by atoms with van der Waals surface area (Å²) in [6.45, 7) is 5.48. The van der Waals surface area contributed by atoms with Crippen LogP contribution in [0.2, 0.25) is 0 Å². The van der Waals surface area contributed by atoms with Gasteiger partial charge in [-0.05, 0) is 29.8 Å². The smallest absolute Gasteiger partial charge is 0.241 e. The van der Waals surface area contributed by atoms with E-state index in [0.717, 1.165) is 0 Å². The first kappa shape index (κ1) is 13.7. The Hall–Kier alpha value is -1.37. The third-order valence-corrected chi connectivity index (χ3v) is 2.87. The number of nitrogens with one attached hydrogen (secondary N) is 1. The Bertz CT molecular complexity index is 394. The number of nitrogen functional groups attached to an aromatic ring is 1. The number of anilines is 2. The quantitative estimate of drug-likeness (QED) is 0.851. The van der Waals surface area contributed by atoms with Gasteiger partial charge in [0.05, 0.1) is 11.0 Å². The third kappa shape index (κ3) is 3.85. The Balaban J connectivity index is 2.61. The van der Waals surface area contributed by atoms with Crippen molar-refractivity contribution in [3.63, 3.8) is 0 Å². The van der Waals surface area contributed by atoms with Crippen LogP contribution in [-0.4, -0.2) is 40.4 Å². The lowest BCUT2D eigenvalue weighted by atomic mass is 10.4. The monoisotopic (exact) mass is 301 g/mol. The van der Waals surface area contributed by atoms with Gasteiger partial charge >= 0.3 is 0 Å². The van der Waals surface area contributed by atoms with E-state index in [1.165, 1.54) is 0 Å². The molecule has 0 spiro atoms. The molecule has 0 unspecified atom stereocenters. The third-order valence-electron chi connectivity index (χ3n) is 2.29. The van der Waals surface area contributed by atoms with Gasteiger partial charge in [-0.15, -0.1) is 0 Å². The molecule has 0 aliphatic carbocycles. The normalized spacial score (nSPS) is 10.1. The molecule has 1 heterocycles. The van der Waals surface area contributed by atoms with Gasteiger partial charge in [-0.1, -0.05) is 0 Å². The molecule has 0 aliphatic heterocycles. The highest BCUT2D eigenvalue weighted by Crippen LogP contribution is 2.18. The summed E-state index contributed by atoms with van der Waals surface area (Å²) in [4.78, 5) is 21.3. The summed E-state index contributed by atoms with van der Waals surface area (Å²) in [6.07, 6.45) is 1.55. The first-order valence-electron chi connectivity index (χ1n) is 5.38. The molecule has 17 heavy (non-hydrogen) atoms. The Morgan fingerprint density at radius 2 is 2.18 bits per heavy atom. The minimum absolute atomic E-state index is 0.0269. The van der Waals surface area contributed by atoms with Crippen LogP contribution in [0.15, 0.2) is 10.7 Å². The number of amides is 1. The van der Waals surface area contributed by atoms with Crippen molar-refractivity contribution in [2.24, 2.45) is 0 Å². The van der Waals surface area contributed by atoms with Gasteiger partial charge in [-0.2, -0.15) is 4.98 Å². The van der Waals surface area contributed by atoms with E-state index in [1.54, 1.807) is 11.1 Å². The molecule has 94 valence electrons. The van der Waals surface area contributed by atoms with Gasteiger partial charge in [0.25, 0.3) is 0 Å². The first-order valence-corrected chi connectivity index (χ1v) is 6.17. The van der Waals surface area contributed by atoms with Crippen molar-refractivity contribution in [2.45, 2.75) is 13.8 Å². The largest absolute Gasteiger partial charge is 0.368 e. The highest BCUT2D eigenvalue weighted by atomic mass is 79.9. The summed E-state index contributed by atoms with van der Waals surface area (Å²) in [6, 6.07) is 0. The van der Waals surface area contributed by atoms with Crippen LogP contribution in [0.1, 0.15) is 13.8 Å². The first-order chi connectivity index (χ1) is 8.08. The second-order valence-corrected chi connectivity index (χ2v) is 4.20. The molecule has 0 radical (unpaired) electrons. The van der Waals surface area contributed by atoms with Crippen molar-refractivity contribution in [3.05, 3.63) is 10.7 Å². The zero-order valence-electron chi connectivity index (χ0n) is 9.90.